The smallest absolute Gasteiger partial charge is 0.255 e. The van der Waals surface area contributed by atoms with Crippen molar-refractivity contribution < 1.29 is 18.4 Å². The van der Waals surface area contributed by atoms with Gasteiger partial charge in [0.1, 0.15) is 11.6 Å². The van der Waals surface area contributed by atoms with Crippen LogP contribution in [0.1, 0.15) is 28.4 Å². The molecular formula is C19H15ClF2N4O2. The van der Waals surface area contributed by atoms with Crippen LogP contribution in [0.2, 0.25) is 5.02 Å². The average Bonchev–Trinajstić information content (AvgIpc) is 3.10. The van der Waals surface area contributed by atoms with Gasteiger partial charge in [-0.25, -0.2) is 8.78 Å². The molecule has 3 aromatic rings. The number of amides is 2. The lowest BCUT2D eigenvalue weighted by atomic mass is 10.0. The summed E-state index contributed by atoms with van der Waals surface area (Å²) in [6.45, 7) is 0. The second kappa shape index (κ2) is 8.18. The van der Waals surface area contributed by atoms with Crippen LogP contribution in [0.25, 0.3) is 11.3 Å². The number of halogens is 3. The molecule has 2 amide bonds. The number of hydrogen-bond donors (Lipinski definition) is 3. The average molecular weight is 405 g/mol. The maximum absolute atomic E-state index is 14.1. The minimum atomic E-state index is -0.846. The highest BCUT2D eigenvalue weighted by molar-refractivity contribution is 6.30. The van der Waals surface area contributed by atoms with Crippen LogP contribution in [0.3, 0.4) is 0 Å². The van der Waals surface area contributed by atoms with Crippen LogP contribution >= 0.6 is 11.6 Å². The predicted octanol–water partition coefficient (Wildman–Crippen LogP) is 3.35. The molecular weight excluding hydrogens is 390 g/mol. The monoisotopic (exact) mass is 404 g/mol. The fourth-order valence-electron chi connectivity index (χ4n) is 2.77. The molecule has 0 aliphatic heterocycles. The fourth-order valence-corrected chi connectivity index (χ4v) is 2.97. The normalized spacial score (nSPS) is 11.8. The van der Waals surface area contributed by atoms with Gasteiger partial charge < -0.3 is 11.1 Å². The Hall–Kier alpha value is -3.26. The molecule has 1 atom stereocenters. The lowest BCUT2D eigenvalue weighted by Crippen LogP contribution is -2.32. The van der Waals surface area contributed by atoms with E-state index in [1.165, 1.54) is 12.3 Å². The Morgan fingerprint density at radius 2 is 2.00 bits per heavy atom. The Labute approximate surface area is 163 Å². The van der Waals surface area contributed by atoms with Gasteiger partial charge in [-0.1, -0.05) is 23.7 Å². The van der Waals surface area contributed by atoms with Crippen molar-refractivity contribution in [3.63, 3.8) is 0 Å². The van der Waals surface area contributed by atoms with Crippen molar-refractivity contribution in [1.82, 2.24) is 15.5 Å². The Kier molecular flexibility index (Phi) is 5.70. The highest BCUT2D eigenvalue weighted by Crippen LogP contribution is 2.26. The van der Waals surface area contributed by atoms with Crippen LogP contribution in [0.4, 0.5) is 8.78 Å². The van der Waals surface area contributed by atoms with E-state index in [0.717, 1.165) is 6.07 Å². The molecule has 9 heteroatoms. The highest BCUT2D eigenvalue weighted by Gasteiger charge is 2.23. The quantitative estimate of drug-likeness (QED) is 0.587. The SMILES string of the molecule is NC(=O)C[C@H](NC(=O)c1cn[nH]c1-c1ccc(F)cc1F)c1cccc(Cl)c1. The minimum absolute atomic E-state index is 0.0155. The van der Waals surface area contributed by atoms with Crippen molar-refractivity contribution in [1.29, 1.82) is 0 Å². The number of aromatic amines is 1. The second-order valence-electron chi connectivity index (χ2n) is 6.03. The minimum Gasteiger partial charge on any atom is -0.370 e. The molecule has 3 rings (SSSR count). The summed E-state index contributed by atoms with van der Waals surface area (Å²) in [5.41, 5.74) is 5.97. The van der Waals surface area contributed by atoms with E-state index in [9.17, 15) is 18.4 Å². The molecule has 0 saturated carbocycles. The Bertz CT molecular complexity index is 1040. The van der Waals surface area contributed by atoms with Crippen LogP contribution in [-0.2, 0) is 4.79 Å². The second-order valence-corrected chi connectivity index (χ2v) is 6.47. The Balaban J connectivity index is 1.91. The molecule has 28 heavy (non-hydrogen) atoms. The molecule has 0 aliphatic rings. The topological polar surface area (TPSA) is 101 Å². The van der Waals surface area contributed by atoms with Gasteiger partial charge in [-0.05, 0) is 29.8 Å². The first-order chi connectivity index (χ1) is 13.3. The number of rotatable bonds is 6. The first-order valence-electron chi connectivity index (χ1n) is 8.18. The molecule has 0 saturated heterocycles. The third-order valence-corrected chi connectivity index (χ3v) is 4.28. The van der Waals surface area contributed by atoms with Gasteiger partial charge in [0.05, 0.1) is 29.9 Å². The van der Waals surface area contributed by atoms with Gasteiger partial charge in [-0.3, -0.25) is 14.7 Å². The summed E-state index contributed by atoms with van der Waals surface area (Å²) in [5.74, 6) is -2.82. The van der Waals surface area contributed by atoms with Gasteiger partial charge in [-0.2, -0.15) is 5.10 Å². The molecule has 0 unspecified atom stereocenters. The fraction of sp³-hybridized carbons (Fsp3) is 0.105. The zero-order valence-electron chi connectivity index (χ0n) is 14.4. The molecule has 4 N–H and O–H groups in total. The molecule has 0 spiro atoms. The van der Waals surface area contributed by atoms with E-state index in [1.54, 1.807) is 24.3 Å². The number of benzene rings is 2. The largest absolute Gasteiger partial charge is 0.370 e. The lowest BCUT2D eigenvalue weighted by Gasteiger charge is -2.18. The third kappa shape index (κ3) is 4.34. The predicted molar refractivity (Wildman–Crippen MR) is 99.4 cm³/mol. The van der Waals surface area contributed by atoms with Gasteiger partial charge >= 0.3 is 0 Å². The van der Waals surface area contributed by atoms with E-state index < -0.39 is 29.5 Å². The van der Waals surface area contributed by atoms with Crippen LogP contribution in [0.15, 0.2) is 48.7 Å². The summed E-state index contributed by atoms with van der Waals surface area (Å²) in [4.78, 5) is 24.2. The highest BCUT2D eigenvalue weighted by atomic mass is 35.5. The van der Waals surface area contributed by atoms with Gasteiger partial charge in [0.15, 0.2) is 0 Å². The number of nitrogens with zero attached hydrogens (tertiary/aromatic N) is 1. The van der Waals surface area contributed by atoms with E-state index in [4.69, 9.17) is 17.3 Å². The Morgan fingerprint density at radius 1 is 1.21 bits per heavy atom. The number of nitrogens with one attached hydrogen (secondary N) is 2. The maximum Gasteiger partial charge on any atom is 0.255 e. The van der Waals surface area contributed by atoms with Crippen molar-refractivity contribution in [2.75, 3.05) is 0 Å². The number of primary amides is 1. The van der Waals surface area contributed by atoms with Gasteiger partial charge in [-0.15, -0.1) is 0 Å². The summed E-state index contributed by atoms with van der Waals surface area (Å²) in [6, 6.07) is 8.86. The number of carbonyl (C=O) groups is 2. The number of carbonyl (C=O) groups excluding carboxylic acids is 2. The number of hydrogen-bond acceptors (Lipinski definition) is 3. The molecule has 1 heterocycles. The summed E-state index contributed by atoms with van der Waals surface area (Å²) >= 11 is 5.98. The summed E-state index contributed by atoms with van der Waals surface area (Å²) in [6.07, 6.45) is 1.05. The molecule has 0 aliphatic carbocycles. The van der Waals surface area contributed by atoms with E-state index in [-0.39, 0.29) is 23.2 Å². The van der Waals surface area contributed by atoms with Crippen molar-refractivity contribution >= 4 is 23.4 Å². The molecule has 0 bridgehead atoms. The van der Waals surface area contributed by atoms with Gasteiger partial charge in [0.2, 0.25) is 5.91 Å². The van der Waals surface area contributed by atoms with Crippen LogP contribution in [-0.4, -0.2) is 22.0 Å². The standard InChI is InChI=1S/C19H15ClF2N4O2/c20-11-3-1-2-10(6-11)16(8-17(23)27)25-19(28)14-9-24-26-18(14)13-5-4-12(21)7-15(13)22/h1-7,9,16H,8H2,(H2,23,27)(H,24,26)(H,25,28)/t16-/m0/s1. The van der Waals surface area contributed by atoms with Gasteiger partial charge in [0.25, 0.3) is 5.91 Å². The zero-order chi connectivity index (χ0) is 20.3. The summed E-state index contributed by atoms with van der Waals surface area (Å²) in [7, 11) is 0. The number of aromatic nitrogens is 2. The first-order valence-corrected chi connectivity index (χ1v) is 8.56. The van der Waals surface area contributed by atoms with Crippen molar-refractivity contribution in [2.45, 2.75) is 12.5 Å². The van der Waals surface area contributed by atoms with Gasteiger partial charge in [0, 0.05) is 16.7 Å². The number of H-pyrrole nitrogens is 1. The number of nitrogens with two attached hydrogens (primary N) is 1. The summed E-state index contributed by atoms with van der Waals surface area (Å²) < 4.78 is 27.3. The summed E-state index contributed by atoms with van der Waals surface area (Å²) in [5, 5.41) is 9.43. The van der Waals surface area contributed by atoms with E-state index >= 15 is 0 Å². The van der Waals surface area contributed by atoms with E-state index in [1.807, 2.05) is 0 Å². The van der Waals surface area contributed by atoms with Crippen LogP contribution in [0.5, 0.6) is 0 Å². The zero-order valence-corrected chi connectivity index (χ0v) is 15.1. The van der Waals surface area contributed by atoms with E-state index in [0.29, 0.717) is 16.7 Å². The van der Waals surface area contributed by atoms with E-state index in [2.05, 4.69) is 15.5 Å². The molecule has 1 aromatic heterocycles. The molecule has 0 fully saturated rings. The van der Waals surface area contributed by atoms with Crippen molar-refractivity contribution in [3.8, 4) is 11.3 Å². The Morgan fingerprint density at radius 3 is 2.68 bits per heavy atom. The maximum atomic E-state index is 14.1. The van der Waals surface area contributed by atoms with Crippen LogP contribution < -0.4 is 11.1 Å². The van der Waals surface area contributed by atoms with Crippen molar-refractivity contribution in [3.05, 3.63) is 76.4 Å². The lowest BCUT2D eigenvalue weighted by molar-refractivity contribution is -0.118. The molecule has 144 valence electrons. The molecule has 6 nitrogen and oxygen atoms in total. The third-order valence-electron chi connectivity index (χ3n) is 4.05. The molecule has 0 radical (unpaired) electrons. The van der Waals surface area contributed by atoms with Crippen molar-refractivity contribution in [2.24, 2.45) is 5.73 Å². The van der Waals surface area contributed by atoms with Crippen LogP contribution in [0, 0.1) is 11.6 Å². The molecule has 2 aromatic carbocycles. The first kappa shape index (κ1) is 19.5.